The molecule has 0 unspecified atom stereocenters. The van der Waals surface area contributed by atoms with Crippen molar-refractivity contribution in [1.29, 1.82) is 0 Å². The van der Waals surface area contributed by atoms with E-state index in [9.17, 15) is 9.90 Å². The monoisotopic (exact) mass is 684 g/mol. The average Bonchev–Trinajstić information content (AvgIpc) is 3.20. The van der Waals surface area contributed by atoms with Crippen LogP contribution in [-0.4, -0.2) is 64.8 Å². The minimum absolute atomic E-state index is 0.00994. The third-order valence-electron chi connectivity index (χ3n) is 9.48. The lowest BCUT2D eigenvalue weighted by Gasteiger charge is -2.40. The first kappa shape index (κ1) is 34.3. The van der Waals surface area contributed by atoms with E-state index in [2.05, 4.69) is 66.8 Å². The summed E-state index contributed by atoms with van der Waals surface area (Å²) in [6.45, 7) is 5.25. The number of aliphatic hydroxyl groups is 1. The number of anilines is 1. The Bertz CT molecular complexity index is 1830. The summed E-state index contributed by atoms with van der Waals surface area (Å²) in [6.07, 6.45) is 3.62. The van der Waals surface area contributed by atoms with Crippen molar-refractivity contribution in [3.8, 4) is 11.1 Å². The Morgan fingerprint density at radius 2 is 1.39 bits per heavy atom. The molecule has 3 atom stereocenters. The second-order valence-electron chi connectivity index (χ2n) is 13.0. The number of aliphatic hydroxyl groups excluding tert-OH is 1. The zero-order valence-electron chi connectivity index (χ0n) is 28.6. The Labute approximate surface area is 299 Å². The molecule has 10 nitrogen and oxygen atoms in total. The van der Waals surface area contributed by atoms with Crippen LogP contribution in [0.4, 0.5) is 10.7 Å². The van der Waals surface area contributed by atoms with Gasteiger partial charge in [0.1, 0.15) is 0 Å². The molecule has 0 saturated carbocycles. The van der Waals surface area contributed by atoms with Gasteiger partial charge in [-0.1, -0.05) is 97.1 Å². The van der Waals surface area contributed by atoms with Crippen LogP contribution >= 0.6 is 0 Å². The van der Waals surface area contributed by atoms with E-state index in [4.69, 9.17) is 9.47 Å². The lowest BCUT2D eigenvalue weighted by atomic mass is 9.99. The van der Waals surface area contributed by atoms with Crippen LogP contribution in [0.25, 0.3) is 11.1 Å². The van der Waals surface area contributed by atoms with Gasteiger partial charge in [0, 0.05) is 70.2 Å². The molecular weight excluding hydrogens is 640 g/mol. The third kappa shape index (κ3) is 9.16. The Balaban J connectivity index is 0.995. The summed E-state index contributed by atoms with van der Waals surface area (Å²) in [7, 11) is 0. The van der Waals surface area contributed by atoms with Gasteiger partial charge in [0.25, 0.3) is 0 Å². The third-order valence-corrected chi connectivity index (χ3v) is 9.48. The van der Waals surface area contributed by atoms with Crippen LogP contribution in [-0.2, 0) is 29.2 Å². The summed E-state index contributed by atoms with van der Waals surface area (Å²) in [5, 5.41) is 15.5. The van der Waals surface area contributed by atoms with Gasteiger partial charge in [-0.2, -0.15) is 0 Å². The van der Waals surface area contributed by atoms with Gasteiger partial charge < -0.3 is 30.1 Å². The molecule has 0 aliphatic carbocycles. The van der Waals surface area contributed by atoms with Crippen molar-refractivity contribution in [2.24, 2.45) is 0 Å². The van der Waals surface area contributed by atoms with Gasteiger partial charge >= 0.3 is 6.03 Å². The number of urea groups is 1. The van der Waals surface area contributed by atoms with Crippen molar-refractivity contribution in [3.63, 3.8) is 0 Å². The maximum absolute atomic E-state index is 12.4. The lowest BCUT2D eigenvalue weighted by Crippen LogP contribution is -2.50. The molecule has 3 heterocycles. The lowest BCUT2D eigenvalue weighted by molar-refractivity contribution is -0.253. The SMILES string of the molecule is O=C(NCc1ccccc1)NCc1cccc(-c2ccc([C@@H]3O[C@H](CN4CCN(c5ncccn5)CC4)C[C@H](c4ccc(CO)cc4)O3)cc2)c1. The predicted molar refractivity (Wildman–Crippen MR) is 197 cm³/mol. The molecule has 2 saturated heterocycles. The molecular formula is C41H44N6O4. The number of aromatic nitrogens is 2. The molecule has 0 bridgehead atoms. The summed E-state index contributed by atoms with van der Waals surface area (Å²) in [4.78, 5) is 25.9. The molecule has 10 heteroatoms. The van der Waals surface area contributed by atoms with E-state index < -0.39 is 6.29 Å². The number of hydrogen-bond acceptors (Lipinski definition) is 8. The van der Waals surface area contributed by atoms with Crippen LogP contribution in [0, 0.1) is 0 Å². The first-order valence-electron chi connectivity index (χ1n) is 17.6. The molecule has 7 rings (SSSR count). The molecule has 3 N–H and O–H groups in total. The Morgan fingerprint density at radius 3 is 2.12 bits per heavy atom. The summed E-state index contributed by atoms with van der Waals surface area (Å²) < 4.78 is 13.3. The Hall–Kier alpha value is -5.13. The number of piperazine rings is 1. The molecule has 51 heavy (non-hydrogen) atoms. The van der Waals surface area contributed by atoms with Crippen LogP contribution in [0.2, 0.25) is 0 Å². The number of carbonyl (C=O) groups is 1. The van der Waals surface area contributed by atoms with E-state index in [1.54, 1.807) is 12.4 Å². The molecule has 262 valence electrons. The highest BCUT2D eigenvalue weighted by atomic mass is 16.7. The number of hydrogen-bond donors (Lipinski definition) is 3. The Morgan fingerprint density at radius 1 is 0.706 bits per heavy atom. The number of nitrogens with zero attached hydrogens (tertiary/aromatic N) is 4. The van der Waals surface area contributed by atoms with Crippen LogP contribution in [0.3, 0.4) is 0 Å². The van der Waals surface area contributed by atoms with Crippen molar-refractivity contribution in [2.45, 2.75) is 44.6 Å². The average molecular weight is 685 g/mol. The number of ether oxygens (including phenoxy) is 2. The van der Waals surface area contributed by atoms with E-state index >= 15 is 0 Å². The van der Waals surface area contributed by atoms with Gasteiger partial charge in [0.2, 0.25) is 5.95 Å². The van der Waals surface area contributed by atoms with Crippen LogP contribution < -0.4 is 15.5 Å². The van der Waals surface area contributed by atoms with Crippen molar-refractivity contribution in [3.05, 3.63) is 149 Å². The summed E-state index contributed by atoms with van der Waals surface area (Å²) in [5.41, 5.74) is 7.11. The molecule has 2 amide bonds. The van der Waals surface area contributed by atoms with E-state index in [-0.39, 0.29) is 24.8 Å². The van der Waals surface area contributed by atoms with Crippen molar-refractivity contribution >= 4 is 12.0 Å². The summed E-state index contributed by atoms with van der Waals surface area (Å²) in [5.74, 6) is 0.777. The molecule has 0 spiro atoms. The van der Waals surface area contributed by atoms with Crippen LogP contribution in [0.5, 0.6) is 0 Å². The van der Waals surface area contributed by atoms with Crippen LogP contribution in [0.1, 0.15) is 46.6 Å². The Kier molecular flexibility index (Phi) is 11.3. The maximum Gasteiger partial charge on any atom is 0.315 e. The van der Waals surface area contributed by atoms with Gasteiger partial charge in [-0.15, -0.1) is 0 Å². The zero-order valence-corrected chi connectivity index (χ0v) is 28.6. The second kappa shape index (κ2) is 16.7. The van der Waals surface area contributed by atoms with Gasteiger partial charge in [-0.25, -0.2) is 14.8 Å². The summed E-state index contributed by atoms with van der Waals surface area (Å²) >= 11 is 0. The molecule has 2 fully saturated rings. The van der Waals surface area contributed by atoms with E-state index in [0.717, 1.165) is 84.0 Å². The fourth-order valence-corrected chi connectivity index (χ4v) is 6.62. The van der Waals surface area contributed by atoms with Crippen molar-refractivity contribution in [1.82, 2.24) is 25.5 Å². The largest absolute Gasteiger partial charge is 0.392 e. The fourth-order valence-electron chi connectivity index (χ4n) is 6.62. The van der Waals surface area contributed by atoms with Crippen molar-refractivity contribution in [2.75, 3.05) is 37.6 Å². The van der Waals surface area contributed by atoms with E-state index in [1.165, 1.54) is 0 Å². The maximum atomic E-state index is 12.4. The number of rotatable bonds is 11. The first-order valence-corrected chi connectivity index (χ1v) is 17.6. The highest BCUT2D eigenvalue weighted by Crippen LogP contribution is 2.39. The van der Waals surface area contributed by atoms with Gasteiger partial charge in [-0.3, -0.25) is 4.90 Å². The summed E-state index contributed by atoms with van der Waals surface area (Å²) in [6, 6.07) is 36.1. The fraction of sp³-hybridized carbons (Fsp3) is 0.293. The molecule has 0 radical (unpaired) electrons. The van der Waals surface area contributed by atoms with E-state index in [0.29, 0.717) is 13.1 Å². The first-order chi connectivity index (χ1) is 25.1. The topological polar surface area (TPSA) is 112 Å². The minimum atomic E-state index is -0.524. The molecule has 4 aromatic carbocycles. The normalized spacial score (nSPS) is 19.4. The van der Waals surface area contributed by atoms with Crippen molar-refractivity contribution < 1.29 is 19.4 Å². The highest BCUT2D eigenvalue weighted by Gasteiger charge is 2.34. The molecule has 2 aliphatic heterocycles. The zero-order chi connectivity index (χ0) is 34.8. The number of carbonyl (C=O) groups excluding carboxylic acids is 1. The molecule has 1 aromatic heterocycles. The minimum Gasteiger partial charge on any atom is -0.392 e. The second-order valence-corrected chi connectivity index (χ2v) is 13.0. The highest BCUT2D eigenvalue weighted by molar-refractivity contribution is 5.74. The number of benzene rings is 4. The quantitative estimate of drug-likeness (QED) is 0.155. The van der Waals surface area contributed by atoms with Gasteiger partial charge in [0.15, 0.2) is 6.29 Å². The van der Waals surface area contributed by atoms with E-state index in [1.807, 2.05) is 72.8 Å². The number of nitrogens with one attached hydrogen (secondary N) is 2. The smallest absolute Gasteiger partial charge is 0.315 e. The van der Waals surface area contributed by atoms with Crippen LogP contribution in [0.15, 0.2) is 122 Å². The standard InChI is InChI=1S/C41H44N6O4/c48-29-31-10-12-34(13-11-31)38-25-37(28-46-20-22-47(23-21-46)40-42-18-5-19-43-40)50-39(51-38)35-16-14-33(15-17-35)36-9-4-8-32(24-36)27-45-41(49)44-26-30-6-2-1-3-7-30/h1-19,24,37-39,48H,20-23,25-29H2,(H2,44,45,49)/t37-,38+,39+/m0/s1. The molecule has 5 aromatic rings. The van der Waals surface area contributed by atoms with Gasteiger partial charge in [0.05, 0.1) is 18.8 Å². The molecule has 2 aliphatic rings. The predicted octanol–water partition coefficient (Wildman–Crippen LogP) is 6.00. The van der Waals surface area contributed by atoms with Gasteiger partial charge in [-0.05, 0) is 45.5 Å². The number of amides is 2.